The highest BCUT2D eigenvalue weighted by Gasteiger charge is 2.17. The van der Waals surface area contributed by atoms with E-state index in [9.17, 15) is 4.79 Å². The Balaban J connectivity index is 2.51. The predicted molar refractivity (Wildman–Crippen MR) is 71.2 cm³/mol. The SMILES string of the molecule is CCSCC[C@@H](C)N(C)C(=O)c1ccnnc1. The lowest BCUT2D eigenvalue weighted by atomic mass is 10.2. The molecule has 0 saturated heterocycles. The summed E-state index contributed by atoms with van der Waals surface area (Å²) in [6.07, 6.45) is 4.06. The summed E-state index contributed by atoms with van der Waals surface area (Å²) < 4.78 is 0. The van der Waals surface area contributed by atoms with Crippen LogP contribution in [0.5, 0.6) is 0 Å². The van der Waals surface area contributed by atoms with Crippen molar-refractivity contribution < 1.29 is 4.79 Å². The zero-order valence-corrected chi connectivity index (χ0v) is 11.4. The molecule has 4 nitrogen and oxygen atoms in total. The number of carbonyl (C=O) groups excluding carboxylic acids is 1. The third-order valence-electron chi connectivity index (χ3n) is 2.70. The minimum Gasteiger partial charge on any atom is -0.339 e. The second kappa shape index (κ2) is 7.27. The molecule has 94 valence electrons. The van der Waals surface area contributed by atoms with Crippen molar-refractivity contribution >= 4 is 17.7 Å². The summed E-state index contributed by atoms with van der Waals surface area (Å²) in [7, 11) is 1.84. The van der Waals surface area contributed by atoms with Gasteiger partial charge in [0, 0.05) is 13.1 Å². The summed E-state index contributed by atoms with van der Waals surface area (Å²) >= 11 is 1.90. The molecular formula is C12H19N3OS. The minimum atomic E-state index is 0.00824. The van der Waals surface area contributed by atoms with E-state index in [0.717, 1.165) is 17.9 Å². The van der Waals surface area contributed by atoms with Crippen LogP contribution in [0, 0.1) is 0 Å². The Morgan fingerprint density at radius 2 is 2.29 bits per heavy atom. The highest BCUT2D eigenvalue weighted by Crippen LogP contribution is 2.11. The second-order valence-corrected chi connectivity index (χ2v) is 5.28. The molecule has 0 N–H and O–H groups in total. The van der Waals surface area contributed by atoms with E-state index in [4.69, 9.17) is 0 Å². The summed E-state index contributed by atoms with van der Waals surface area (Å²) in [4.78, 5) is 13.8. The van der Waals surface area contributed by atoms with Crippen LogP contribution in [0.2, 0.25) is 0 Å². The average molecular weight is 253 g/mol. The van der Waals surface area contributed by atoms with Crippen molar-refractivity contribution in [2.45, 2.75) is 26.3 Å². The number of hydrogen-bond donors (Lipinski definition) is 0. The standard InChI is InChI=1S/C12H19N3OS/c1-4-17-8-6-10(2)15(3)12(16)11-5-7-13-14-9-11/h5,7,9-10H,4,6,8H2,1-3H3/t10-/m1/s1. The largest absolute Gasteiger partial charge is 0.339 e. The summed E-state index contributed by atoms with van der Waals surface area (Å²) in [5, 5.41) is 7.39. The fourth-order valence-electron chi connectivity index (χ4n) is 1.41. The van der Waals surface area contributed by atoms with Crippen LogP contribution in [0.15, 0.2) is 18.5 Å². The van der Waals surface area contributed by atoms with E-state index in [1.54, 1.807) is 17.2 Å². The van der Waals surface area contributed by atoms with Gasteiger partial charge < -0.3 is 4.90 Å². The summed E-state index contributed by atoms with van der Waals surface area (Å²) in [6.45, 7) is 4.22. The third-order valence-corrected chi connectivity index (χ3v) is 3.63. The molecule has 0 aliphatic heterocycles. The van der Waals surface area contributed by atoms with Gasteiger partial charge in [-0.3, -0.25) is 4.79 Å². The van der Waals surface area contributed by atoms with Gasteiger partial charge in [0.15, 0.2) is 0 Å². The van der Waals surface area contributed by atoms with E-state index < -0.39 is 0 Å². The number of hydrogen-bond acceptors (Lipinski definition) is 4. The number of aromatic nitrogens is 2. The van der Waals surface area contributed by atoms with Crippen LogP contribution in [0.1, 0.15) is 30.6 Å². The predicted octanol–water partition coefficient (Wildman–Crippen LogP) is 2.08. The van der Waals surface area contributed by atoms with Gasteiger partial charge in [-0.1, -0.05) is 6.92 Å². The number of nitrogens with zero attached hydrogens (tertiary/aromatic N) is 3. The quantitative estimate of drug-likeness (QED) is 0.728. The maximum absolute atomic E-state index is 12.1. The Kier molecular flexibility index (Phi) is 5.97. The van der Waals surface area contributed by atoms with Crippen molar-refractivity contribution in [2.75, 3.05) is 18.6 Å². The van der Waals surface area contributed by atoms with Crippen LogP contribution in [0.4, 0.5) is 0 Å². The highest BCUT2D eigenvalue weighted by molar-refractivity contribution is 7.99. The van der Waals surface area contributed by atoms with Crippen molar-refractivity contribution in [1.29, 1.82) is 0 Å². The van der Waals surface area contributed by atoms with Crippen molar-refractivity contribution in [1.82, 2.24) is 15.1 Å². The van der Waals surface area contributed by atoms with Crippen LogP contribution >= 0.6 is 11.8 Å². The lowest BCUT2D eigenvalue weighted by Gasteiger charge is -2.24. The first-order valence-electron chi connectivity index (χ1n) is 5.78. The van der Waals surface area contributed by atoms with Crippen LogP contribution in [-0.4, -0.2) is 45.6 Å². The topological polar surface area (TPSA) is 46.1 Å². The van der Waals surface area contributed by atoms with Gasteiger partial charge in [0.05, 0.1) is 18.0 Å². The first-order valence-corrected chi connectivity index (χ1v) is 6.93. The monoisotopic (exact) mass is 253 g/mol. The molecule has 1 aromatic rings. The lowest BCUT2D eigenvalue weighted by Crippen LogP contribution is -2.35. The van der Waals surface area contributed by atoms with Gasteiger partial charge in [0.1, 0.15) is 0 Å². The molecule has 1 atom stereocenters. The van der Waals surface area contributed by atoms with Gasteiger partial charge in [-0.05, 0) is 30.9 Å². The molecule has 0 aliphatic carbocycles. The Hall–Kier alpha value is -1.10. The zero-order valence-electron chi connectivity index (χ0n) is 10.6. The average Bonchev–Trinajstić information content (AvgIpc) is 2.38. The minimum absolute atomic E-state index is 0.00824. The fourth-order valence-corrected chi connectivity index (χ4v) is 2.21. The Morgan fingerprint density at radius 3 is 2.88 bits per heavy atom. The van der Waals surface area contributed by atoms with Gasteiger partial charge in [-0.25, -0.2) is 0 Å². The first kappa shape index (κ1) is 14.0. The number of carbonyl (C=O) groups is 1. The van der Waals surface area contributed by atoms with Crippen LogP contribution in [0.25, 0.3) is 0 Å². The molecule has 5 heteroatoms. The van der Waals surface area contributed by atoms with E-state index >= 15 is 0 Å². The van der Waals surface area contributed by atoms with Crippen molar-refractivity contribution in [3.8, 4) is 0 Å². The van der Waals surface area contributed by atoms with E-state index in [1.807, 2.05) is 18.8 Å². The van der Waals surface area contributed by atoms with Crippen LogP contribution in [0.3, 0.4) is 0 Å². The van der Waals surface area contributed by atoms with E-state index in [1.165, 1.54) is 6.20 Å². The molecule has 0 radical (unpaired) electrons. The summed E-state index contributed by atoms with van der Waals surface area (Å²) in [6, 6.07) is 1.94. The Labute approximate surface area is 107 Å². The Morgan fingerprint density at radius 1 is 1.53 bits per heavy atom. The number of rotatable bonds is 6. The van der Waals surface area contributed by atoms with Crippen molar-refractivity contribution in [3.63, 3.8) is 0 Å². The molecule has 0 spiro atoms. The molecule has 0 aromatic carbocycles. The lowest BCUT2D eigenvalue weighted by molar-refractivity contribution is 0.0740. The van der Waals surface area contributed by atoms with E-state index in [0.29, 0.717) is 5.56 Å². The second-order valence-electron chi connectivity index (χ2n) is 3.88. The first-order chi connectivity index (χ1) is 8.16. The molecule has 0 saturated carbocycles. The van der Waals surface area contributed by atoms with E-state index in [2.05, 4.69) is 24.0 Å². The number of thioether (sulfide) groups is 1. The molecule has 1 aromatic heterocycles. The van der Waals surface area contributed by atoms with Crippen LogP contribution in [-0.2, 0) is 0 Å². The molecule has 0 unspecified atom stereocenters. The molecule has 1 rings (SSSR count). The van der Waals surface area contributed by atoms with Gasteiger partial charge in [0.2, 0.25) is 0 Å². The smallest absolute Gasteiger partial charge is 0.255 e. The normalized spacial score (nSPS) is 12.2. The molecular weight excluding hydrogens is 234 g/mol. The molecule has 0 aliphatic rings. The fraction of sp³-hybridized carbons (Fsp3) is 0.583. The Bertz CT molecular complexity index is 345. The maximum atomic E-state index is 12.1. The van der Waals surface area contributed by atoms with Crippen molar-refractivity contribution in [3.05, 3.63) is 24.0 Å². The molecule has 17 heavy (non-hydrogen) atoms. The third kappa shape index (κ3) is 4.34. The van der Waals surface area contributed by atoms with Gasteiger partial charge >= 0.3 is 0 Å². The van der Waals surface area contributed by atoms with Crippen molar-refractivity contribution in [2.24, 2.45) is 0 Å². The summed E-state index contributed by atoms with van der Waals surface area (Å²) in [5.74, 6) is 2.22. The molecule has 1 amide bonds. The van der Waals surface area contributed by atoms with Gasteiger partial charge in [-0.15, -0.1) is 0 Å². The molecule has 0 fully saturated rings. The number of amides is 1. The molecule has 1 heterocycles. The highest BCUT2D eigenvalue weighted by atomic mass is 32.2. The maximum Gasteiger partial charge on any atom is 0.255 e. The summed E-state index contributed by atoms with van der Waals surface area (Å²) in [5.41, 5.74) is 0.595. The molecule has 0 bridgehead atoms. The van der Waals surface area contributed by atoms with Gasteiger partial charge in [0.25, 0.3) is 5.91 Å². The van der Waals surface area contributed by atoms with Gasteiger partial charge in [-0.2, -0.15) is 22.0 Å². The van der Waals surface area contributed by atoms with E-state index in [-0.39, 0.29) is 11.9 Å². The zero-order chi connectivity index (χ0) is 12.7. The van der Waals surface area contributed by atoms with Crippen LogP contribution < -0.4 is 0 Å².